The number of halogens is 1. The Kier molecular flexibility index (Phi) is 4.98. The Labute approximate surface area is 151 Å². The molecule has 1 aromatic carbocycles. The molecule has 2 heterocycles. The third-order valence-corrected chi connectivity index (χ3v) is 5.38. The SMILES string of the molecule is COc1ccc(F)c(CN2CCCC3(CCN(C(=O)C(C)=O)C3)C2=O)c1. The fourth-order valence-electron chi connectivity index (χ4n) is 3.95. The first kappa shape index (κ1) is 18.4. The van der Waals surface area contributed by atoms with Crippen LogP contribution in [0.3, 0.4) is 0 Å². The average Bonchev–Trinajstić information content (AvgIpc) is 3.05. The van der Waals surface area contributed by atoms with Crippen molar-refractivity contribution >= 4 is 17.6 Å². The molecule has 0 radical (unpaired) electrons. The summed E-state index contributed by atoms with van der Waals surface area (Å²) in [5, 5.41) is 0. The number of ketones is 1. The third kappa shape index (κ3) is 3.30. The molecule has 2 aliphatic heterocycles. The molecule has 2 saturated heterocycles. The van der Waals surface area contributed by atoms with Crippen LogP contribution in [0.25, 0.3) is 0 Å². The van der Waals surface area contributed by atoms with E-state index in [-0.39, 0.29) is 24.8 Å². The highest BCUT2D eigenvalue weighted by Crippen LogP contribution is 2.40. The number of hydrogen-bond acceptors (Lipinski definition) is 4. The zero-order chi connectivity index (χ0) is 18.9. The Morgan fingerprint density at radius 1 is 1.27 bits per heavy atom. The number of ether oxygens (including phenoxy) is 1. The standard InChI is InChI=1S/C19H23FN2O4/c1-13(23)17(24)22-9-7-19(12-22)6-3-8-21(18(19)25)11-14-10-15(26-2)4-5-16(14)20/h4-5,10H,3,6-9,11-12H2,1-2H3. The van der Waals surface area contributed by atoms with Crippen LogP contribution in [0.15, 0.2) is 18.2 Å². The highest BCUT2D eigenvalue weighted by atomic mass is 19.1. The van der Waals surface area contributed by atoms with E-state index in [2.05, 4.69) is 0 Å². The van der Waals surface area contributed by atoms with Crippen molar-refractivity contribution in [3.8, 4) is 5.75 Å². The lowest BCUT2D eigenvalue weighted by Crippen LogP contribution is -2.50. The van der Waals surface area contributed by atoms with Crippen molar-refractivity contribution in [2.24, 2.45) is 5.41 Å². The first-order valence-electron chi connectivity index (χ1n) is 8.78. The summed E-state index contributed by atoms with van der Waals surface area (Å²) in [7, 11) is 1.51. The van der Waals surface area contributed by atoms with Crippen molar-refractivity contribution in [1.82, 2.24) is 9.80 Å². The number of methoxy groups -OCH3 is 1. The van der Waals surface area contributed by atoms with Crippen LogP contribution >= 0.6 is 0 Å². The zero-order valence-corrected chi connectivity index (χ0v) is 15.1. The van der Waals surface area contributed by atoms with Gasteiger partial charge in [0.1, 0.15) is 11.6 Å². The van der Waals surface area contributed by atoms with Crippen LogP contribution < -0.4 is 4.74 Å². The number of hydrogen-bond donors (Lipinski definition) is 0. The van der Waals surface area contributed by atoms with E-state index in [9.17, 15) is 18.8 Å². The van der Waals surface area contributed by atoms with Gasteiger partial charge in [0.15, 0.2) is 0 Å². The van der Waals surface area contributed by atoms with Gasteiger partial charge in [0.25, 0.3) is 5.91 Å². The lowest BCUT2D eigenvalue weighted by molar-refractivity contribution is -0.148. The summed E-state index contributed by atoms with van der Waals surface area (Å²) < 4.78 is 19.3. The van der Waals surface area contributed by atoms with Gasteiger partial charge in [-0.1, -0.05) is 0 Å². The molecule has 0 aliphatic carbocycles. The molecule has 2 aliphatic rings. The molecule has 6 nitrogen and oxygen atoms in total. The first-order valence-corrected chi connectivity index (χ1v) is 8.78. The van der Waals surface area contributed by atoms with E-state index < -0.39 is 17.1 Å². The molecule has 140 valence electrons. The second-order valence-corrected chi connectivity index (χ2v) is 7.10. The molecule has 0 saturated carbocycles. The van der Waals surface area contributed by atoms with Crippen LogP contribution in [0.1, 0.15) is 31.7 Å². The first-order chi connectivity index (χ1) is 12.4. The Hall–Kier alpha value is -2.44. The number of piperidine rings is 1. The minimum Gasteiger partial charge on any atom is -0.497 e. The Bertz CT molecular complexity index is 751. The second-order valence-electron chi connectivity index (χ2n) is 7.10. The number of likely N-dealkylation sites (tertiary alicyclic amines) is 2. The molecule has 2 amide bonds. The summed E-state index contributed by atoms with van der Waals surface area (Å²) in [5.74, 6) is -0.950. The summed E-state index contributed by atoms with van der Waals surface area (Å²) in [4.78, 5) is 39.5. The van der Waals surface area contributed by atoms with Crippen LogP contribution in [0.2, 0.25) is 0 Å². The summed E-state index contributed by atoms with van der Waals surface area (Å²) in [6, 6.07) is 4.48. The topological polar surface area (TPSA) is 66.9 Å². The van der Waals surface area contributed by atoms with Gasteiger partial charge < -0.3 is 14.5 Å². The van der Waals surface area contributed by atoms with Crippen LogP contribution in [0, 0.1) is 11.2 Å². The third-order valence-electron chi connectivity index (χ3n) is 5.38. The molecule has 1 unspecified atom stereocenters. The highest BCUT2D eigenvalue weighted by Gasteiger charge is 2.49. The number of carbonyl (C=O) groups is 3. The van der Waals surface area contributed by atoms with E-state index in [1.165, 1.54) is 25.0 Å². The quantitative estimate of drug-likeness (QED) is 0.766. The lowest BCUT2D eigenvalue weighted by atomic mass is 9.78. The Morgan fingerprint density at radius 3 is 2.73 bits per heavy atom. The molecule has 26 heavy (non-hydrogen) atoms. The minimum absolute atomic E-state index is 0.0650. The molecule has 1 aromatic rings. The number of amides is 2. The molecule has 2 fully saturated rings. The summed E-state index contributed by atoms with van der Waals surface area (Å²) in [5.41, 5.74) is -0.247. The predicted octanol–water partition coefficient (Wildman–Crippen LogP) is 1.76. The molecule has 1 atom stereocenters. The van der Waals surface area contributed by atoms with E-state index in [0.717, 1.165) is 6.42 Å². The van der Waals surface area contributed by atoms with Crippen LogP contribution in [-0.2, 0) is 20.9 Å². The van der Waals surface area contributed by atoms with Gasteiger partial charge in [-0.2, -0.15) is 0 Å². The van der Waals surface area contributed by atoms with Gasteiger partial charge in [-0.15, -0.1) is 0 Å². The van der Waals surface area contributed by atoms with Crippen molar-refractivity contribution in [1.29, 1.82) is 0 Å². The van der Waals surface area contributed by atoms with Crippen LogP contribution in [0.5, 0.6) is 5.75 Å². The van der Waals surface area contributed by atoms with Crippen molar-refractivity contribution in [2.45, 2.75) is 32.7 Å². The van der Waals surface area contributed by atoms with E-state index in [1.807, 2.05) is 0 Å². The predicted molar refractivity (Wildman–Crippen MR) is 91.9 cm³/mol. The van der Waals surface area contributed by atoms with E-state index >= 15 is 0 Å². The summed E-state index contributed by atoms with van der Waals surface area (Å²) in [6.07, 6.45) is 2.02. The van der Waals surface area contributed by atoms with Gasteiger partial charge >= 0.3 is 0 Å². The van der Waals surface area contributed by atoms with Gasteiger partial charge in [-0.05, 0) is 37.5 Å². The van der Waals surface area contributed by atoms with Crippen molar-refractivity contribution in [3.63, 3.8) is 0 Å². The van der Waals surface area contributed by atoms with E-state index in [1.54, 1.807) is 17.0 Å². The normalized spacial score (nSPS) is 22.8. The molecular weight excluding hydrogens is 339 g/mol. The molecule has 7 heteroatoms. The molecule has 3 rings (SSSR count). The summed E-state index contributed by atoms with van der Waals surface area (Å²) in [6.45, 7) is 2.64. The number of Topliss-reactive ketones (excluding diaryl/α,β-unsaturated/α-hetero) is 1. The fraction of sp³-hybridized carbons (Fsp3) is 0.526. The molecule has 0 N–H and O–H groups in total. The van der Waals surface area contributed by atoms with Crippen LogP contribution in [0.4, 0.5) is 4.39 Å². The zero-order valence-electron chi connectivity index (χ0n) is 15.1. The average molecular weight is 362 g/mol. The maximum absolute atomic E-state index is 14.1. The number of carbonyl (C=O) groups excluding carboxylic acids is 3. The van der Waals surface area contributed by atoms with Crippen molar-refractivity contribution < 1.29 is 23.5 Å². The largest absolute Gasteiger partial charge is 0.497 e. The molecule has 0 aromatic heterocycles. The van der Waals surface area contributed by atoms with Gasteiger partial charge in [0.05, 0.1) is 12.5 Å². The second kappa shape index (κ2) is 7.05. The van der Waals surface area contributed by atoms with Gasteiger partial charge in [-0.25, -0.2) is 4.39 Å². The highest BCUT2D eigenvalue weighted by molar-refractivity contribution is 6.35. The Balaban J connectivity index is 1.77. The fourth-order valence-corrected chi connectivity index (χ4v) is 3.95. The monoisotopic (exact) mass is 362 g/mol. The van der Waals surface area contributed by atoms with E-state index in [4.69, 9.17) is 4.74 Å². The van der Waals surface area contributed by atoms with Crippen LogP contribution in [-0.4, -0.2) is 54.1 Å². The molecular formula is C19H23FN2O4. The maximum atomic E-state index is 14.1. The van der Waals surface area contributed by atoms with E-state index in [0.29, 0.717) is 37.2 Å². The number of benzene rings is 1. The smallest absolute Gasteiger partial charge is 0.289 e. The van der Waals surface area contributed by atoms with Crippen molar-refractivity contribution in [2.75, 3.05) is 26.7 Å². The number of rotatable bonds is 4. The van der Waals surface area contributed by atoms with Crippen molar-refractivity contribution in [3.05, 3.63) is 29.6 Å². The number of nitrogens with zero attached hydrogens (tertiary/aromatic N) is 2. The lowest BCUT2D eigenvalue weighted by Gasteiger charge is -2.39. The summed E-state index contributed by atoms with van der Waals surface area (Å²) >= 11 is 0. The van der Waals surface area contributed by atoms with Gasteiger partial charge in [0.2, 0.25) is 11.7 Å². The van der Waals surface area contributed by atoms with Gasteiger partial charge in [0, 0.05) is 38.7 Å². The van der Waals surface area contributed by atoms with Gasteiger partial charge in [-0.3, -0.25) is 14.4 Å². The molecule has 0 bridgehead atoms. The maximum Gasteiger partial charge on any atom is 0.289 e. The molecule has 1 spiro atoms. The Morgan fingerprint density at radius 2 is 2.04 bits per heavy atom. The minimum atomic E-state index is -0.654.